The molecule has 0 saturated carbocycles. The van der Waals surface area contributed by atoms with E-state index in [-0.39, 0.29) is 25.2 Å². The van der Waals surface area contributed by atoms with Crippen molar-refractivity contribution < 1.29 is 24.2 Å². The van der Waals surface area contributed by atoms with Gasteiger partial charge in [-0.25, -0.2) is 0 Å². The minimum absolute atomic E-state index is 0.0755. The first-order chi connectivity index (χ1) is 44.6. The zero-order chi connectivity index (χ0) is 64.7. The quantitative estimate of drug-likeness (QED) is 0.0373. The highest BCUT2D eigenvalue weighted by Crippen LogP contribution is 2.17. The highest BCUT2D eigenvalue weighted by molar-refractivity contribution is 5.70. The van der Waals surface area contributed by atoms with Gasteiger partial charge in [0, 0.05) is 12.8 Å². The number of hydrogen-bond acceptors (Lipinski definition) is 5. The van der Waals surface area contributed by atoms with Crippen LogP contribution in [0.5, 0.6) is 0 Å². The number of aliphatic hydroxyl groups excluding tert-OH is 1. The van der Waals surface area contributed by atoms with E-state index in [1.807, 2.05) is 0 Å². The molecule has 0 aliphatic carbocycles. The number of rotatable bonds is 66. The number of unbranched alkanes of at least 4 members (excludes halogenated alkanes) is 26. The molecule has 0 radical (unpaired) electrons. The second-order valence-electron chi connectivity index (χ2n) is 23.9. The lowest BCUT2D eigenvalue weighted by atomic mass is 10.0. The summed E-state index contributed by atoms with van der Waals surface area (Å²) < 4.78 is 10.8. The number of carbonyl (C=O) groups is 2. The first-order valence-corrected chi connectivity index (χ1v) is 37.0. The van der Waals surface area contributed by atoms with Crippen molar-refractivity contribution in [3.8, 4) is 0 Å². The van der Waals surface area contributed by atoms with Crippen molar-refractivity contribution in [1.82, 2.24) is 0 Å². The van der Waals surface area contributed by atoms with Crippen LogP contribution >= 0.6 is 0 Å². The maximum atomic E-state index is 12.4. The van der Waals surface area contributed by atoms with E-state index in [2.05, 4.69) is 208 Å². The number of hydrogen-bond donors (Lipinski definition) is 1. The van der Waals surface area contributed by atoms with Gasteiger partial charge in [-0.2, -0.15) is 0 Å². The van der Waals surface area contributed by atoms with Crippen LogP contribution in [0.25, 0.3) is 0 Å². The van der Waals surface area contributed by atoms with E-state index in [1.165, 1.54) is 141 Å². The molecule has 1 atom stereocenters. The molecule has 5 heteroatoms. The molecule has 5 nitrogen and oxygen atoms in total. The maximum Gasteiger partial charge on any atom is 0.306 e. The van der Waals surface area contributed by atoms with Crippen LogP contribution in [0.4, 0.5) is 0 Å². The van der Waals surface area contributed by atoms with Gasteiger partial charge in [0.15, 0.2) is 6.10 Å². The summed E-state index contributed by atoms with van der Waals surface area (Å²) in [4.78, 5) is 24.7. The Balaban J connectivity index is 3.54. The van der Waals surface area contributed by atoms with Gasteiger partial charge in [-0.05, 0) is 141 Å². The molecular formula is C85H136O5. The van der Waals surface area contributed by atoms with Crippen LogP contribution in [0.2, 0.25) is 0 Å². The van der Waals surface area contributed by atoms with Crippen molar-refractivity contribution in [3.63, 3.8) is 0 Å². The molecule has 0 aliphatic heterocycles. The predicted octanol–water partition coefficient (Wildman–Crippen LogP) is 26.3. The first kappa shape index (κ1) is 84.7. The van der Waals surface area contributed by atoms with Gasteiger partial charge in [0.05, 0.1) is 6.61 Å². The predicted molar refractivity (Wildman–Crippen MR) is 398 cm³/mol. The third kappa shape index (κ3) is 75.2. The molecular weight excluding hydrogens is 1100 g/mol. The molecule has 0 aromatic heterocycles. The summed E-state index contributed by atoms with van der Waals surface area (Å²) in [7, 11) is 0. The Kier molecular flexibility index (Phi) is 73.4. The fourth-order valence-electron chi connectivity index (χ4n) is 9.94. The molecule has 0 aromatic carbocycles. The highest BCUT2D eigenvalue weighted by atomic mass is 16.6. The molecule has 0 aliphatic rings. The molecule has 0 fully saturated rings. The van der Waals surface area contributed by atoms with Crippen molar-refractivity contribution in [1.29, 1.82) is 0 Å². The van der Waals surface area contributed by atoms with E-state index in [9.17, 15) is 14.7 Å². The van der Waals surface area contributed by atoms with Crippen molar-refractivity contribution in [2.45, 2.75) is 315 Å². The second kappa shape index (κ2) is 78.0. The van der Waals surface area contributed by atoms with Crippen LogP contribution in [0.1, 0.15) is 309 Å². The lowest BCUT2D eigenvalue weighted by molar-refractivity contribution is -0.161. The van der Waals surface area contributed by atoms with Gasteiger partial charge < -0.3 is 14.6 Å². The lowest BCUT2D eigenvalue weighted by Crippen LogP contribution is -2.28. The molecule has 0 spiro atoms. The third-order valence-electron chi connectivity index (χ3n) is 15.4. The number of carbonyl (C=O) groups excluding carboxylic acids is 2. The van der Waals surface area contributed by atoms with Crippen LogP contribution < -0.4 is 0 Å². The van der Waals surface area contributed by atoms with Gasteiger partial charge in [-0.3, -0.25) is 9.59 Å². The van der Waals surface area contributed by atoms with E-state index < -0.39 is 6.10 Å². The van der Waals surface area contributed by atoms with Gasteiger partial charge in [-0.15, -0.1) is 0 Å². The maximum absolute atomic E-state index is 12.4. The van der Waals surface area contributed by atoms with Crippen LogP contribution in [-0.4, -0.2) is 36.4 Å². The Bertz CT molecular complexity index is 2040. The number of ether oxygens (including phenoxy) is 2. The van der Waals surface area contributed by atoms with E-state index in [0.29, 0.717) is 12.8 Å². The van der Waals surface area contributed by atoms with Crippen LogP contribution in [0.3, 0.4) is 0 Å². The molecule has 0 aromatic rings. The van der Waals surface area contributed by atoms with Crippen LogP contribution in [0, 0.1) is 0 Å². The van der Waals surface area contributed by atoms with E-state index in [0.717, 1.165) is 141 Å². The monoisotopic (exact) mass is 1240 g/mol. The summed E-state index contributed by atoms with van der Waals surface area (Å²) in [5.74, 6) is -0.596. The Morgan fingerprint density at radius 3 is 0.667 bits per heavy atom. The summed E-state index contributed by atoms with van der Waals surface area (Å²) in [5.41, 5.74) is 0. The smallest absolute Gasteiger partial charge is 0.306 e. The van der Waals surface area contributed by atoms with E-state index in [4.69, 9.17) is 9.47 Å². The number of esters is 2. The van der Waals surface area contributed by atoms with Gasteiger partial charge in [-0.1, -0.05) is 350 Å². The molecule has 0 saturated heterocycles. The normalized spacial score (nSPS) is 13.4. The van der Waals surface area contributed by atoms with Crippen LogP contribution in [-0.2, 0) is 19.1 Å². The fraction of sp³-hybridized carbons (Fsp3) is 0.600. The summed E-state index contributed by atoms with van der Waals surface area (Å²) in [5, 5.41) is 9.72. The standard InChI is InChI=1S/C85H136O5/c1-3-5-7-9-11-13-15-17-19-21-23-25-27-29-31-33-35-37-39-41-42-44-46-48-50-52-54-56-58-60-62-64-66-68-70-72-74-76-78-80-85(88)90-83(81-86)82-89-84(87)79-77-75-73-71-69-67-65-63-61-59-57-55-53-51-49-47-45-43-40-38-36-34-32-30-28-26-24-22-20-18-16-14-12-10-8-6-4-2/h5-8,11-14,17-20,23-26,29-32,35-38,41-43,45-46,48-49,51,83,86H,3-4,9-10,15-16,21-22,27-28,33-34,39-40,44,47,50,52-82H2,1-2H3/b7-5-,8-6-,13-11-,14-12-,19-17-,20-18-,25-23-,26-24-,31-29-,32-30-,37-35-,38-36-,42-41-,45-43-,48-46-,51-49-. The molecule has 0 bridgehead atoms. The van der Waals surface area contributed by atoms with Crippen LogP contribution in [0.15, 0.2) is 194 Å². The Hall–Kier alpha value is -5.26. The molecule has 1 unspecified atom stereocenters. The highest BCUT2D eigenvalue weighted by Gasteiger charge is 2.16. The van der Waals surface area contributed by atoms with Crippen molar-refractivity contribution in [2.24, 2.45) is 0 Å². The zero-order valence-corrected chi connectivity index (χ0v) is 58.1. The average molecular weight is 1240 g/mol. The lowest BCUT2D eigenvalue weighted by Gasteiger charge is -2.15. The second-order valence-corrected chi connectivity index (χ2v) is 23.9. The molecule has 0 amide bonds. The molecule has 90 heavy (non-hydrogen) atoms. The summed E-state index contributed by atoms with van der Waals surface area (Å²) in [6.07, 6.45) is 123. The van der Waals surface area contributed by atoms with Crippen molar-refractivity contribution in [2.75, 3.05) is 13.2 Å². The Morgan fingerprint density at radius 1 is 0.256 bits per heavy atom. The van der Waals surface area contributed by atoms with Gasteiger partial charge in [0.2, 0.25) is 0 Å². The topological polar surface area (TPSA) is 72.8 Å². The van der Waals surface area contributed by atoms with Gasteiger partial charge >= 0.3 is 11.9 Å². The summed E-state index contributed by atoms with van der Waals surface area (Å²) in [6.45, 7) is 3.92. The fourth-order valence-corrected chi connectivity index (χ4v) is 9.94. The molecule has 1 N–H and O–H groups in total. The van der Waals surface area contributed by atoms with E-state index in [1.54, 1.807) is 0 Å². The van der Waals surface area contributed by atoms with E-state index >= 15 is 0 Å². The van der Waals surface area contributed by atoms with Crippen molar-refractivity contribution >= 4 is 11.9 Å². The first-order valence-electron chi connectivity index (χ1n) is 37.0. The Labute approximate surface area is 556 Å². The summed E-state index contributed by atoms with van der Waals surface area (Å²) in [6, 6.07) is 0. The molecule has 0 rings (SSSR count). The SMILES string of the molecule is CC/C=C\C/C=C\C/C=C\C/C=C\C/C=C\C/C=C\C/C=C\C/C=C\CCCCCCCCCCCCCCCCC(=O)OC(CO)COC(=O)CCCCCCCCCCCCCC/C=C\C/C=C\C/C=C\C/C=C\C/C=C\C/C=C\C/C=C\C/C=C\CC. The zero-order valence-electron chi connectivity index (χ0n) is 58.1. The van der Waals surface area contributed by atoms with Gasteiger partial charge in [0.1, 0.15) is 6.61 Å². The van der Waals surface area contributed by atoms with Crippen molar-refractivity contribution in [3.05, 3.63) is 194 Å². The third-order valence-corrected chi connectivity index (χ3v) is 15.4. The minimum Gasteiger partial charge on any atom is -0.462 e. The minimum atomic E-state index is -0.787. The number of allylic oxidation sites excluding steroid dienone is 32. The average Bonchev–Trinajstić information content (AvgIpc) is 3.59. The summed E-state index contributed by atoms with van der Waals surface area (Å²) >= 11 is 0. The van der Waals surface area contributed by atoms with Gasteiger partial charge in [0.25, 0.3) is 0 Å². The molecule has 506 valence electrons. The Morgan fingerprint density at radius 2 is 0.444 bits per heavy atom. The molecule has 0 heterocycles. The number of aliphatic hydroxyl groups is 1. The largest absolute Gasteiger partial charge is 0.462 e.